The Bertz CT molecular complexity index is 1620. The minimum Gasteiger partial charge on any atom is -0.493 e. The number of alkyl halides is 3. The molecular formula is C27H24F3N5O5S. The second-order valence-electron chi connectivity index (χ2n) is 8.76. The van der Waals surface area contributed by atoms with Gasteiger partial charge < -0.3 is 25.3 Å². The van der Waals surface area contributed by atoms with E-state index in [4.69, 9.17) is 14.6 Å². The van der Waals surface area contributed by atoms with Crippen molar-refractivity contribution in [2.45, 2.75) is 24.9 Å². The SMILES string of the molecule is O=C(O)C(F)(F)F.O=C(O)CC(c1ccc2nsnc2c1)c1c[nH]c2cc(OCCCNc3ccccn3)ccc12. The molecule has 0 aliphatic heterocycles. The molecular weight excluding hydrogens is 563 g/mol. The third kappa shape index (κ3) is 7.91. The lowest BCUT2D eigenvalue weighted by molar-refractivity contribution is -0.192. The van der Waals surface area contributed by atoms with E-state index in [2.05, 4.69) is 24.0 Å². The van der Waals surface area contributed by atoms with Gasteiger partial charge in [-0.3, -0.25) is 4.79 Å². The number of benzene rings is 2. The van der Waals surface area contributed by atoms with Crippen molar-refractivity contribution in [3.63, 3.8) is 0 Å². The minimum atomic E-state index is -5.08. The van der Waals surface area contributed by atoms with E-state index in [9.17, 15) is 23.1 Å². The number of carboxylic acid groups (broad SMARTS) is 2. The number of aromatic nitrogens is 4. The largest absolute Gasteiger partial charge is 0.493 e. The van der Waals surface area contributed by atoms with E-state index in [1.54, 1.807) is 6.20 Å². The van der Waals surface area contributed by atoms with Crippen LogP contribution in [0.2, 0.25) is 0 Å². The van der Waals surface area contributed by atoms with Gasteiger partial charge in [-0.1, -0.05) is 12.1 Å². The molecule has 214 valence electrons. The molecule has 0 fully saturated rings. The van der Waals surface area contributed by atoms with Crippen LogP contribution in [0.15, 0.2) is 67.0 Å². The van der Waals surface area contributed by atoms with E-state index >= 15 is 0 Å². The van der Waals surface area contributed by atoms with Crippen molar-refractivity contribution >= 4 is 51.4 Å². The van der Waals surface area contributed by atoms with Gasteiger partial charge in [0.15, 0.2) is 0 Å². The zero-order valence-electron chi connectivity index (χ0n) is 21.3. The maximum absolute atomic E-state index is 11.7. The number of fused-ring (bicyclic) bond motifs is 2. The first-order chi connectivity index (χ1) is 19.6. The Morgan fingerprint density at radius 3 is 2.54 bits per heavy atom. The molecule has 0 radical (unpaired) electrons. The van der Waals surface area contributed by atoms with Crippen LogP contribution in [0.5, 0.6) is 5.75 Å². The fraction of sp³-hybridized carbons (Fsp3) is 0.222. The van der Waals surface area contributed by atoms with Crippen LogP contribution >= 0.6 is 11.7 Å². The summed E-state index contributed by atoms with van der Waals surface area (Å²) in [6.07, 6.45) is -0.618. The second-order valence-corrected chi connectivity index (χ2v) is 9.29. The summed E-state index contributed by atoms with van der Waals surface area (Å²) >= 11 is 1.15. The Morgan fingerprint density at radius 2 is 1.83 bits per heavy atom. The summed E-state index contributed by atoms with van der Waals surface area (Å²) in [5, 5.41) is 20.9. The fourth-order valence-corrected chi connectivity index (χ4v) is 4.57. The van der Waals surface area contributed by atoms with Crippen LogP contribution in [-0.4, -0.2) is 60.2 Å². The molecule has 5 rings (SSSR count). The van der Waals surface area contributed by atoms with Crippen LogP contribution in [0.25, 0.3) is 21.9 Å². The molecule has 3 heterocycles. The molecule has 14 heteroatoms. The van der Waals surface area contributed by atoms with Crippen molar-refractivity contribution in [1.29, 1.82) is 0 Å². The number of hydrogen-bond donors (Lipinski definition) is 4. The van der Waals surface area contributed by atoms with Gasteiger partial charge in [0.2, 0.25) is 0 Å². The predicted octanol–water partition coefficient (Wildman–Crippen LogP) is 5.69. The number of hydrogen-bond acceptors (Lipinski definition) is 8. The molecule has 0 aliphatic rings. The van der Waals surface area contributed by atoms with Crippen LogP contribution in [0, 0.1) is 0 Å². The monoisotopic (exact) mass is 587 g/mol. The normalized spacial score (nSPS) is 12.0. The topological polar surface area (TPSA) is 150 Å². The zero-order chi connectivity index (χ0) is 29.4. The van der Waals surface area contributed by atoms with Gasteiger partial charge in [-0.2, -0.15) is 21.9 Å². The highest BCUT2D eigenvalue weighted by molar-refractivity contribution is 7.00. The van der Waals surface area contributed by atoms with Gasteiger partial charge in [0.25, 0.3) is 0 Å². The average Bonchev–Trinajstić information content (AvgIpc) is 3.58. The molecule has 41 heavy (non-hydrogen) atoms. The van der Waals surface area contributed by atoms with Crippen LogP contribution in [0.4, 0.5) is 19.0 Å². The molecule has 0 amide bonds. The summed E-state index contributed by atoms with van der Waals surface area (Å²) in [5.74, 6) is -2.29. The minimum absolute atomic E-state index is 0.0163. The maximum atomic E-state index is 11.7. The molecule has 0 saturated heterocycles. The lowest BCUT2D eigenvalue weighted by atomic mass is 9.88. The average molecular weight is 588 g/mol. The Kier molecular flexibility index (Phi) is 9.34. The standard InChI is InChI=1S/C25H23N5O3S.C2HF3O2/c31-25(32)14-19(16-5-8-21-23(12-16)30-34-29-21)20-15-28-22-13-17(6-7-18(20)22)33-11-3-10-27-24-4-1-2-9-26-24;3-2(4,5)1(6)7/h1-2,4-9,12-13,15,19,28H,3,10-11,14H2,(H,26,27)(H,31,32);(H,6,7). The first-order valence-electron chi connectivity index (χ1n) is 12.2. The molecule has 0 aliphatic carbocycles. The number of pyridine rings is 1. The number of carbonyl (C=O) groups is 2. The van der Waals surface area contributed by atoms with E-state index in [1.807, 2.05) is 60.8 Å². The van der Waals surface area contributed by atoms with Crippen molar-refractivity contribution in [1.82, 2.24) is 18.7 Å². The molecule has 0 saturated carbocycles. The molecule has 0 bridgehead atoms. The molecule has 5 aromatic rings. The van der Waals surface area contributed by atoms with Crippen molar-refractivity contribution in [2.24, 2.45) is 0 Å². The van der Waals surface area contributed by atoms with Crippen LogP contribution < -0.4 is 10.1 Å². The maximum Gasteiger partial charge on any atom is 0.490 e. The molecule has 10 nitrogen and oxygen atoms in total. The number of ether oxygens (including phenoxy) is 1. The van der Waals surface area contributed by atoms with Crippen molar-refractivity contribution in [3.05, 3.63) is 78.1 Å². The molecule has 3 aromatic heterocycles. The first-order valence-corrected chi connectivity index (χ1v) is 13.0. The summed E-state index contributed by atoms with van der Waals surface area (Å²) < 4.78 is 46.2. The van der Waals surface area contributed by atoms with E-state index in [0.29, 0.717) is 6.61 Å². The first kappa shape index (κ1) is 29.3. The summed E-state index contributed by atoms with van der Waals surface area (Å²) in [6, 6.07) is 17.4. The third-order valence-electron chi connectivity index (χ3n) is 5.92. The molecule has 1 unspecified atom stereocenters. The van der Waals surface area contributed by atoms with Crippen LogP contribution in [0.3, 0.4) is 0 Å². The lowest BCUT2D eigenvalue weighted by Gasteiger charge is -2.15. The fourth-order valence-electron chi connectivity index (χ4n) is 4.05. The third-order valence-corrected chi connectivity index (χ3v) is 6.48. The van der Waals surface area contributed by atoms with Gasteiger partial charge in [0.05, 0.1) is 24.8 Å². The van der Waals surface area contributed by atoms with E-state index in [-0.39, 0.29) is 12.3 Å². The molecule has 1 atom stereocenters. The van der Waals surface area contributed by atoms with Gasteiger partial charge in [0, 0.05) is 41.8 Å². The smallest absolute Gasteiger partial charge is 0.490 e. The number of halogens is 3. The van der Waals surface area contributed by atoms with Gasteiger partial charge in [-0.25, -0.2) is 9.78 Å². The lowest BCUT2D eigenvalue weighted by Crippen LogP contribution is -2.21. The highest BCUT2D eigenvalue weighted by atomic mass is 32.1. The number of H-pyrrole nitrogens is 1. The van der Waals surface area contributed by atoms with E-state index in [0.717, 1.165) is 69.3 Å². The predicted molar refractivity (Wildman–Crippen MR) is 146 cm³/mol. The quantitative estimate of drug-likeness (QED) is 0.151. The number of aromatic amines is 1. The number of nitrogens with zero attached hydrogens (tertiary/aromatic N) is 3. The molecule has 2 aromatic carbocycles. The highest BCUT2D eigenvalue weighted by Crippen LogP contribution is 2.35. The summed E-state index contributed by atoms with van der Waals surface area (Å²) in [4.78, 5) is 28.1. The number of aliphatic carboxylic acids is 2. The van der Waals surface area contributed by atoms with Gasteiger partial charge in [-0.15, -0.1) is 0 Å². The summed E-state index contributed by atoms with van der Waals surface area (Å²) in [5.41, 5.74) is 4.35. The highest BCUT2D eigenvalue weighted by Gasteiger charge is 2.38. The number of carboxylic acids is 2. The molecule has 4 N–H and O–H groups in total. The molecule has 0 spiro atoms. The summed E-state index contributed by atoms with van der Waals surface area (Å²) in [7, 11) is 0. The Balaban J connectivity index is 0.000000493. The summed E-state index contributed by atoms with van der Waals surface area (Å²) in [6.45, 7) is 1.34. The van der Waals surface area contributed by atoms with Gasteiger partial charge in [-0.05, 0) is 53.9 Å². The van der Waals surface area contributed by atoms with Crippen LogP contribution in [-0.2, 0) is 9.59 Å². The Labute approximate surface area is 235 Å². The number of rotatable bonds is 10. The van der Waals surface area contributed by atoms with Crippen LogP contribution in [0.1, 0.15) is 29.9 Å². The van der Waals surface area contributed by atoms with Gasteiger partial charge >= 0.3 is 18.1 Å². The van der Waals surface area contributed by atoms with E-state index < -0.39 is 18.1 Å². The van der Waals surface area contributed by atoms with Crippen molar-refractivity contribution in [2.75, 3.05) is 18.5 Å². The second kappa shape index (κ2) is 13.1. The number of anilines is 1. The van der Waals surface area contributed by atoms with E-state index in [1.165, 1.54) is 0 Å². The zero-order valence-corrected chi connectivity index (χ0v) is 22.1. The van der Waals surface area contributed by atoms with Crippen molar-refractivity contribution in [3.8, 4) is 5.75 Å². The van der Waals surface area contributed by atoms with Gasteiger partial charge in [0.1, 0.15) is 22.6 Å². The van der Waals surface area contributed by atoms with Crippen molar-refractivity contribution < 1.29 is 37.7 Å². The Morgan fingerprint density at radius 1 is 1.05 bits per heavy atom. The Hall–Kier alpha value is -4.72. The number of nitrogens with one attached hydrogen (secondary N) is 2.